The van der Waals surface area contributed by atoms with Crippen LogP contribution < -0.4 is 0 Å². The number of hydrogen-bond acceptors (Lipinski definition) is 7. The van der Waals surface area contributed by atoms with Crippen molar-refractivity contribution in [1.82, 2.24) is 0 Å². The lowest BCUT2D eigenvalue weighted by molar-refractivity contribution is 0.0587. The molecule has 2 aromatic rings. The highest BCUT2D eigenvalue weighted by Gasteiger charge is 2.21. The number of aryl methyl sites for hydroxylation is 1. The summed E-state index contributed by atoms with van der Waals surface area (Å²) in [7, 11) is -1.45. The first kappa shape index (κ1) is 21.6. The van der Waals surface area contributed by atoms with E-state index in [-0.39, 0.29) is 22.6 Å². The maximum absolute atomic E-state index is 12.4. The molecule has 0 aliphatic rings. The summed E-state index contributed by atoms with van der Waals surface area (Å²) in [6.07, 6.45) is 0.547. The number of methoxy groups -OCH3 is 2. The van der Waals surface area contributed by atoms with E-state index in [9.17, 15) is 18.0 Å². The fourth-order valence-electron chi connectivity index (χ4n) is 2.61. The van der Waals surface area contributed by atoms with E-state index in [0.717, 1.165) is 0 Å². The molecule has 0 radical (unpaired) electrons. The van der Waals surface area contributed by atoms with E-state index < -0.39 is 22.1 Å². The van der Waals surface area contributed by atoms with Gasteiger partial charge in [-0.3, -0.25) is 4.18 Å². The Labute approximate surface area is 164 Å². The zero-order valence-corrected chi connectivity index (χ0v) is 17.0. The summed E-state index contributed by atoms with van der Waals surface area (Å²) in [4.78, 5) is 24.1. The summed E-state index contributed by atoms with van der Waals surface area (Å²) in [5.74, 6) is -1.19. The molecule has 2 rings (SSSR count). The molecule has 7 nitrogen and oxygen atoms in total. The number of rotatable bonds is 7. The lowest BCUT2D eigenvalue weighted by Gasteiger charge is -2.14. The quantitative estimate of drug-likeness (QED) is 0.514. The van der Waals surface area contributed by atoms with Crippen LogP contribution in [0.5, 0.6) is 0 Å². The van der Waals surface area contributed by atoms with Crippen LogP contribution in [0.1, 0.15) is 39.6 Å². The van der Waals surface area contributed by atoms with Gasteiger partial charge in [-0.1, -0.05) is 13.0 Å². The van der Waals surface area contributed by atoms with Crippen molar-refractivity contribution in [3.8, 4) is 11.1 Å². The molecule has 28 heavy (non-hydrogen) atoms. The summed E-state index contributed by atoms with van der Waals surface area (Å²) in [6.45, 7) is 3.64. The van der Waals surface area contributed by atoms with E-state index in [4.69, 9.17) is 13.7 Å². The molecule has 0 atom stereocenters. The molecule has 0 amide bonds. The molecular formula is C20H22O7S. The Morgan fingerprint density at radius 2 is 1.61 bits per heavy atom. The van der Waals surface area contributed by atoms with Crippen molar-refractivity contribution < 1.29 is 31.7 Å². The molecule has 150 valence electrons. The second-order valence-electron chi connectivity index (χ2n) is 6.00. The van der Waals surface area contributed by atoms with Gasteiger partial charge < -0.3 is 9.47 Å². The van der Waals surface area contributed by atoms with Crippen molar-refractivity contribution in [3.05, 3.63) is 53.1 Å². The van der Waals surface area contributed by atoms with Crippen molar-refractivity contribution in [2.75, 3.05) is 20.8 Å². The van der Waals surface area contributed by atoms with E-state index in [2.05, 4.69) is 0 Å². The van der Waals surface area contributed by atoms with Gasteiger partial charge in [0, 0.05) is 0 Å². The highest BCUT2D eigenvalue weighted by Crippen LogP contribution is 2.31. The van der Waals surface area contributed by atoms with Crippen LogP contribution in [0, 0.1) is 6.92 Å². The number of esters is 2. The minimum atomic E-state index is -3.95. The summed E-state index contributed by atoms with van der Waals surface area (Å²) in [5.41, 5.74) is 1.95. The molecular weight excluding hydrogens is 384 g/mol. The minimum Gasteiger partial charge on any atom is -0.465 e. The van der Waals surface area contributed by atoms with Crippen LogP contribution in [0.4, 0.5) is 0 Å². The van der Waals surface area contributed by atoms with Crippen LogP contribution >= 0.6 is 0 Å². The fraction of sp³-hybridized carbons (Fsp3) is 0.300. The molecule has 0 aromatic heterocycles. The topological polar surface area (TPSA) is 96.0 Å². The lowest BCUT2D eigenvalue weighted by Crippen LogP contribution is -2.09. The van der Waals surface area contributed by atoms with Crippen LogP contribution in [0.2, 0.25) is 0 Å². The Morgan fingerprint density at radius 3 is 2.21 bits per heavy atom. The molecule has 0 aliphatic heterocycles. The number of carbonyl (C=O) groups is 2. The monoisotopic (exact) mass is 406 g/mol. The Kier molecular flexibility index (Phi) is 6.93. The van der Waals surface area contributed by atoms with E-state index in [1.54, 1.807) is 19.9 Å². The molecule has 0 saturated carbocycles. The summed E-state index contributed by atoms with van der Waals surface area (Å²) >= 11 is 0. The third-order valence-corrected chi connectivity index (χ3v) is 5.38. The molecule has 0 unspecified atom stereocenters. The minimum absolute atomic E-state index is 0.0409. The van der Waals surface area contributed by atoms with E-state index in [1.165, 1.54) is 44.6 Å². The largest absolute Gasteiger partial charge is 0.465 e. The summed E-state index contributed by atoms with van der Waals surface area (Å²) in [5, 5.41) is 0. The molecule has 2 aromatic carbocycles. The predicted octanol–water partition coefficient (Wildman–Crippen LogP) is 3.35. The molecule has 0 saturated heterocycles. The Morgan fingerprint density at radius 1 is 0.929 bits per heavy atom. The number of benzene rings is 2. The maximum atomic E-state index is 12.4. The predicted molar refractivity (Wildman–Crippen MR) is 103 cm³/mol. The summed E-state index contributed by atoms with van der Waals surface area (Å²) in [6, 6.07) is 8.84. The van der Waals surface area contributed by atoms with Crippen molar-refractivity contribution in [2.45, 2.75) is 25.2 Å². The maximum Gasteiger partial charge on any atom is 0.338 e. The van der Waals surface area contributed by atoms with Gasteiger partial charge in [0.05, 0.1) is 36.8 Å². The number of hydrogen-bond donors (Lipinski definition) is 0. The van der Waals surface area contributed by atoms with Gasteiger partial charge in [-0.05, 0) is 60.4 Å². The van der Waals surface area contributed by atoms with Gasteiger partial charge >= 0.3 is 11.9 Å². The zero-order chi connectivity index (χ0) is 20.9. The highest BCUT2D eigenvalue weighted by molar-refractivity contribution is 7.86. The van der Waals surface area contributed by atoms with Gasteiger partial charge in [0.1, 0.15) is 0 Å². The van der Waals surface area contributed by atoms with Crippen LogP contribution in [-0.4, -0.2) is 41.2 Å². The Balaban J connectivity index is 2.70. The third kappa shape index (κ3) is 4.58. The van der Waals surface area contributed by atoms with Gasteiger partial charge in [0.25, 0.3) is 10.1 Å². The molecule has 0 fully saturated rings. The van der Waals surface area contributed by atoms with Crippen LogP contribution in [0.3, 0.4) is 0 Å². The zero-order valence-electron chi connectivity index (χ0n) is 16.1. The van der Waals surface area contributed by atoms with Crippen molar-refractivity contribution in [1.29, 1.82) is 0 Å². The molecule has 0 spiro atoms. The van der Waals surface area contributed by atoms with Gasteiger partial charge in [-0.15, -0.1) is 0 Å². The second kappa shape index (κ2) is 8.99. The highest BCUT2D eigenvalue weighted by atomic mass is 32.2. The summed E-state index contributed by atoms with van der Waals surface area (Å²) < 4.78 is 39.3. The first-order valence-corrected chi connectivity index (χ1v) is 9.97. The van der Waals surface area contributed by atoms with Crippen molar-refractivity contribution >= 4 is 22.1 Å². The van der Waals surface area contributed by atoms with E-state index in [1.807, 2.05) is 0 Å². The first-order valence-electron chi connectivity index (χ1n) is 8.56. The smallest absolute Gasteiger partial charge is 0.338 e. The molecule has 0 heterocycles. The number of ether oxygens (including phenoxy) is 2. The first-order chi connectivity index (χ1) is 13.2. The van der Waals surface area contributed by atoms with Gasteiger partial charge in [0.2, 0.25) is 0 Å². The van der Waals surface area contributed by atoms with Crippen LogP contribution in [0.15, 0.2) is 41.3 Å². The lowest BCUT2D eigenvalue weighted by atomic mass is 9.94. The van der Waals surface area contributed by atoms with Gasteiger partial charge in [-0.2, -0.15) is 8.42 Å². The second-order valence-corrected chi connectivity index (χ2v) is 7.61. The van der Waals surface area contributed by atoms with Gasteiger partial charge in [-0.25, -0.2) is 9.59 Å². The third-order valence-electron chi connectivity index (χ3n) is 4.08. The molecule has 0 bridgehead atoms. The Hall–Kier alpha value is -2.71. The Bertz CT molecular complexity index is 994. The van der Waals surface area contributed by atoms with Crippen molar-refractivity contribution in [3.63, 3.8) is 0 Å². The van der Waals surface area contributed by atoms with Crippen LogP contribution in [-0.2, 0) is 23.8 Å². The molecule has 0 aliphatic carbocycles. The normalized spacial score (nSPS) is 11.1. The van der Waals surface area contributed by atoms with E-state index in [0.29, 0.717) is 23.1 Å². The molecule has 8 heteroatoms. The van der Waals surface area contributed by atoms with Gasteiger partial charge in [0.15, 0.2) is 0 Å². The fourth-order valence-corrected chi connectivity index (χ4v) is 3.63. The van der Waals surface area contributed by atoms with E-state index >= 15 is 0 Å². The molecule has 0 N–H and O–H groups in total. The average molecular weight is 406 g/mol. The van der Waals surface area contributed by atoms with Crippen LogP contribution in [0.25, 0.3) is 11.1 Å². The SMILES string of the molecule is CCCOS(=O)(=O)c1ccc(C)c(-c2cc(C(=O)OC)ccc2C(=O)OC)c1. The average Bonchev–Trinajstić information content (AvgIpc) is 2.70. The number of carbonyl (C=O) groups excluding carboxylic acids is 2. The van der Waals surface area contributed by atoms with Crippen molar-refractivity contribution in [2.24, 2.45) is 0 Å². The standard InChI is InChI=1S/C20H22O7S/c1-5-10-27-28(23,24)15-8-6-13(2)17(12-15)18-11-14(19(21)25-3)7-9-16(18)20(22)26-4/h6-9,11-12H,5,10H2,1-4H3.